The van der Waals surface area contributed by atoms with Crippen molar-refractivity contribution in [3.63, 3.8) is 0 Å². The highest BCUT2D eigenvalue weighted by atomic mass is 16.6. The van der Waals surface area contributed by atoms with Gasteiger partial charge in [0.15, 0.2) is 11.5 Å². The lowest BCUT2D eigenvalue weighted by atomic mass is 10.1. The van der Waals surface area contributed by atoms with Gasteiger partial charge in [0.05, 0.1) is 13.5 Å². The number of fused-ring (bicyclic) bond motifs is 1. The average Bonchev–Trinajstić information content (AvgIpc) is 2.56. The first-order valence-electron chi connectivity index (χ1n) is 4.11. The molecular formula is C10H8O4. The van der Waals surface area contributed by atoms with Gasteiger partial charge >= 0.3 is 5.97 Å². The van der Waals surface area contributed by atoms with Crippen molar-refractivity contribution in [3.05, 3.63) is 23.3 Å². The molecule has 1 aromatic carbocycles. The van der Waals surface area contributed by atoms with Crippen LogP contribution in [-0.2, 0) is 11.2 Å². The summed E-state index contributed by atoms with van der Waals surface area (Å²) in [6.07, 6.45) is 0.916. The van der Waals surface area contributed by atoms with Gasteiger partial charge in [-0.05, 0) is 12.1 Å². The zero-order chi connectivity index (χ0) is 10.1. The van der Waals surface area contributed by atoms with Crippen LogP contribution in [0.15, 0.2) is 12.1 Å². The molecule has 0 aliphatic carbocycles. The van der Waals surface area contributed by atoms with Gasteiger partial charge in [-0.25, -0.2) is 0 Å². The first-order chi connectivity index (χ1) is 6.74. The highest BCUT2D eigenvalue weighted by molar-refractivity contribution is 5.85. The lowest BCUT2D eigenvalue weighted by molar-refractivity contribution is -0.131. The number of benzene rings is 1. The molecule has 4 nitrogen and oxygen atoms in total. The highest BCUT2D eigenvalue weighted by Gasteiger charge is 2.24. The third kappa shape index (κ3) is 1.25. The van der Waals surface area contributed by atoms with Gasteiger partial charge in [0.1, 0.15) is 6.29 Å². The largest absolute Gasteiger partial charge is 0.493 e. The molecule has 0 fully saturated rings. The maximum absolute atomic E-state index is 11.0. The molecule has 0 N–H and O–H groups in total. The third-order valence-corrected chi connectivity index (χ3v) is 2.06. The van der Waals surface area contributed by atoms with Gasteiger partial charge in [-0.15, -0.1) is 0 Å². The van der Waals surface area contributed by atoms with Crippen molar-refractivity contribution in [2.45, 2.75) is 6.42 Å². The van der Waals surface area contributed by atoms with Crippen LogP contribution in [0.25, 0.3) is 0 Å². The van der Waals surface area contributed by atoms with Gasteiger partial charge in [0, 0.05) is 11.1 Å². The van der Waals surface area contributed by atoms with Crippen LogP contribution in [0.5, 0.6) is 11.5 Å². The van der Waals surface area contributed by atoms with E-state index in [0.717, 1.165) is 0 Å². The van der Waals surface area contributed by atoms with Gasteiger partial charge in [-0.2, -0.15) is 0 Å². The smallest absolute Gasteiger partial charge is 0.315 e. The summed E-state index contributed by atoms with van der Waals surface area (Å²) >= 11 is 0. The molecule has 4 heteroatoms. The fourth-order valence-corrected chi connectivity index (χ4v) is 1.46. The van der Waals surface area contributed by atoms with Crippen LogP contribution in [0, 0.1) is 0 Å². The van der Waals surface area contributed by atoms with Crippen molar-refractivity contribution in [1.82, 2.24) is 0 Å². The Balaban J connectivity index is 2.57. The first-order valence-corrected chi connectivity index (χ1v) is 4.11. The molecule has 0 amide bonds. The van der Waals surface area contributed by atoms with E-state index in [0.29, 0.717) is 28.9 Å². The van der Waals surface area contributed by atoms with Crippen LogP contribution in [0.1, 0.15) is 15.9 Å². The fraction of sp³-hybridized carbons (Fsp3) is 0.200. The molecule has 0 saturated heterocycles. The number of ether oxygens (including phenoxy) is 2. The van der Waals surface area contributed by atoms with Crippen LogP contribution in [-0.4, -0.2) is 19.4 Å². The van der Waals surface area contributed by atoms with Crippen LogP contribution in [0.3, 0.4) is 0 Å². The van der Waals surface area contributed by atoms with Gasteiger partial charge in [0.2, 0.25) is 0 Å². The molecule has 1 aromatic rings. The molecule has 0 radical (unpaired) electrons. The zero-order valence-corrected chi connectivity index (χ0v) is 7.57. The first kappa shape index (κ1) is 8.74. The monoisotopic (exact) mass is 192 g/mol. The predicted octanol–water partition coefficient (Wildman–Crippen LogP) is 0.969. The van der Waals surface area contributed by atoms with Crippen molar-refractivity contribution in [2.24, 2.45) is 0 Å². The standard InChI is InChI=1S/C10H8O4/c1-13-8-3-6(5-11)2-7-4-9(12)14-10(7)8/h2-3,5H,4H2,1H3. The molecule has 0 bridgehead atoms. The maximum atomic E-state index is 11.0. The predicted molar refractivity (Wildman–Crippen MR) is 47.7 cm³/mol. The quantitative estimate of drug-likeness (QED) is 0.398. The Morgan fingerprint density at radius 1 is 1.50 bits per heavy atom. The molecular weight excluding hydrogens is 184 g/mol. The molecule has 1 aliphatic heterocycles. The molecule has 2 rings (SSSR count). The number of carbonyl (C=O) groups excluding carboxylic acids is 2. The normalized spacial score (nSPS) is 13.4. The van der Waals surface area contributed by atoms with Crippen molar-refractivity contribution in [1.29, 1.82) is 0 Å². The molecule has 14 heavy (non-hydrogen) atoms. The second kappa shape index (κ2) is 3.14. The van der Waals surface area contributed by atoms with Crippen molar-refractivity contribution in [2.75, 3.05) is 7.11 Å². The Morgan fingerprint density at radius 2 is 2.29 bits per heavy atom. The molecule has 0 aromatic heterocycles. The van der Waals surface area contributed by atoms with Crippen molar-refractivity contribution >= 4 is 12.3 Å². The highest BCUT2D eigenvalue weighted by Crippen LogP contribution is 2.36. The second-order valence-electron chi connectivity index (χ2n) is 2.98. The summed E-state index contributed by atoms with van der Waals surface area (Å²) < 4.78 is 9.96. The molecule has 0 atom stereocenters. The zero-order valence-electron chi connectivity index (χ0n) is 7.57. The number of hydrogen-bond donors (Lipinski definition) is 0. The summed E-state index contributed by atoms with van der Waals surface area (Å²) in [5.74, 6) is 0.542. The van der Waals surface area contributed by atoms with E-state index < -0.39 is 0 Å². The number of methoxy groups -OCH3 is 1. The molecule has 1 aliphatic rings. The van der Waals surface area contributed by atoms with E-state index >= 15 is 0 Å². The lowest BCUT2D eigenvalue weighted by Crippen LogP contribution is -2.00. The SMILES string of the molecule is COc1cc(C=O)cc2c1OC(=O)C2. The maximum Gasteiger partial charge on any atom is 0.315 e. The number of esters is 1. The van der Waals surface area contributed by atoms with Gasteiger partial charge in [-0.1, -0.05) is 0 Å². The minimum atomic E-state index is -0.318. The van der Waals surface area contributed by atoms with Crippen LogP contribution < -0.4 is 9.47 Å². The van der Waals surface area contributed by atoms with Crippen molar-refractivity contribution < 1.29 is 19.1 Å². The Labute approximate surface area is 80.4 Å². The Kier molecular flexibility index (Phi) is 1.96. The number of carbonyl (C=O) groups is 2. The van der Waals surface area contributed by atoms with E-state index in [1.54, 1.807) is 12.1 Å². The van der Waals surface area contributed by atoms with Gasteiger partial charge in [0.25, 0.3) is 0 Å². The Bertz CT molecular complexity index is 409. The summed E-state index contributed by atoms with van der Waals surface area (Å²) in [5.41, 5.74) is 1.19. The molecule has 72 valence electrons. The molecule has 1 heterocycles. The van der Waals surface area contributed by atoms with E-state index in [1.165, 1.54) is 7.11 Å². The lowest BCUT2D eigenvalue weighted by Gasteiger charge is -2.05. The molecule has 0 unspecified atom stereocenters. The van der Waals surface area contributed by atoms with E-state index in [2.05, 4.69) is 0 Å². The Hall–Kier alpha value is -1.84. The van der Waals surface area contributed by atoms with E-state index in [9.17, 15) is 9.59 Å². The van der Waals surface area contributed by atoms with E-state index in [1.807, 2.05) is 0 Å². The Morgan fingerprint density at radius 3 is 2.93 bits per heavy atom. The molecule has 0 saturated carbocycles. The summed E-state index contributed by atoms with van der Waals surface area (Å²) in [7, 11) is 1.47. The summed E-state index contributed by atoms with van der Waals surface area (Å²) in [4.78, 5) is 21.6. The molecule has 0 spiro atoms. The van der Waals surface area contributed by atoms with Crippen molar-refractivity contribution in [3.8, 4) is 11.5 Å². The second-order valence-corrected chi connectivity index (χ2v) is 2.98. The fourth-order valence-electron chi connectivity index (χ4n) is 1.46. The van der Waals surface area contributed by atoms with E-state index in [4.69, 9.17) is 9.47 Å². The number of aldehydes is 1. The van der Waals surface area contributed by atoms with Crippen LogP contribution >= 0.6 is 0 Å². The van der Waals surface area contributed by atoms with Crippen LogP contribution in [0.4, 0.5) is 0 Å². The minimum Gasteiger partial charge on any atom is -0.493 e. The third-order valence-electron chi connectivity index (χ3n) is 2.06. The van der Waals surface area contributed by atoms with E-state index in [-0.39, 0.29) is 12.4 Å². The summed E-state index contributed by atoms with van der Waals surface area (Å²) in [5, 5.41) is 0. The van der Waals surface area contributed by atoms with Crippen LogP contribution in [0.2, 0.25) is 0 Å². The van der Waals surface area contributed by atoms with Gasteiger partial charge in [-0.3, -0.25) is 9.59 Å². The average molecular weight is 192 g/mol. The summed E-state index contributed by atoms with van der Waals surface area (Å²) in [6, 6.07) is 3.18. The minimum absolute atomic E-state index is 0.202. The number of rotatable bonds is 2. The topological polar surface area (TPSA) is 52.6 Å². The van der Waals surface area contributed by atoms with Gasteiger partial charge < -0.3 is 9.47 Å². The summed E-state index contributed by atoms with van der Waals surface area (Å²) in [6.45, 7) is 0. The number of hydrogen-bond acceptors (Lipinski definition) is 4.